The Balaban J connectivity index is 1.64. The van der Waals surface area contributed by atoms with Crippen LogP contribution in [0.2, 0.25) is 0 Å². The lowest BCUT2D eigenvalue weighted by molar-refractivity contribution is -0.113. The number of phenolic OH excluding ortho intramolecular Hbond substituents is 1. The number of allylic oxidation sites excluding steroid dienone is 2. The largest absolute Gasteiger partial charge is 0.511 e. The summed E-state index contributed by atoms with van der Waals surface area (Å²) in [5.74, 6) is 1.30. The van der Waals surface area contributed by atoms with Crippen LogP contribution in [0.3, 0.4) is 0 Å². The van der Waals surface area contributed by atoms with E-state index in [1.165, 1.54) is 0 Å². The number of aromatic hydroxyl groups is 1. The summed E-state index contributed by atoms with van der Waals surface area (Å²) < 4.78 is 5.40. The van der Waals surface area contributed by atoms with Crippen LogP contribution in [0.4, 0.5) is 0 Å². The van der Waals surface area contributed by atoms with E-state index in [0.717, 1.165) is 56.4 Å². The number of phenols is 1. The van der Waals surface area contributed by atoms with E-state index in [0.29, 0.717) is 23.8 Å². The molecule has 0 aromatic heterocycles. The highest BCUT2D eigenvalue weighted by atomic mass is 16.5. The molecule has 2 aliphatic carbocycles. The lowest BCUT2D eigenvalue weighted by atomic mass is 9.88. The molecule has 1 saturated heterocycles. The van der Waals surface area contributed by atoms with Crippen LogP contribution in [0.15, 0.2) is 24.0 Å². The minimum atomic E-state index is -0.0787. The Morgan fingerprint density at radius 1 is 1.08 bits per heavy atom. The van der Waals surface area contributed by atoms with Crippen molar-refractivity contribution < 1.29 is 19.7 Å². The van der Waals surface area contributed by atoms with Gasteiger partial charge in [-0.15, -0.1) is 0 Å². The molecule has 0 radical (unpaired) electrons. The highest BCUT2D eigenvalue weighted by Crippen LogP contribution is 2.47. The molecule has 1 heterocycles. The second kappa shape index (κ2) is 6.25. The molecule has 1 aromatic carbocycles. The van der Waals surface area contributed by atoms with Crippen LogP contribution in [-0.4, -0.2) is 29.2 Å². The number of hydrogen-bond acceptors (Lipinski definition) is 4. The fraction of sp³-hybridized carbons (Fsp3) is 0.550. The van der Waals surface area contributed by atoms with E-state index < -0.39 is 0 Å². The van der Waals surface area contributed by atoms with Gasteiger partial charge in [0.15, 0.2) is 5.78 Å². The predicted octanol–water partition coefficient (Wildman–Crippen LogP) is 3.94. The Bertz CT molecular complexity index is 681. The molecule has 0 bridgehead atoms. The zero-order chi connectivity index (χ0) is 16.7. The molecule has 0 amide bonds. The van der Waals surface area contributed by atoms with Crippen molar-refractivity contribution >= 4 is 11.4 Å². The van der Waals surface area contributed by atoms with Crippen LogP contribution in [-0.2, 0) is 9.53 Å². The van der Waals surface area contributed by atoms with Gasteiger partial charge in [0, 0.05) is 25.6 Å². The summed E-state index contributed by atoms with van der Waals surface area (Å²) in [6.45, 7) is 1.56. The molecule has 4 nitrogen and oxygen atoms in total. The van der Waals surface area contributed by atoms with Gasteiger partial charge in [-0.25, -0.2) is 0 Å². The molecule has 0 spiro atoms. The zero-order valence-electron chi connectivity index (χ0n) is 13.8. The number of rotatable bonds is 4. The third kappa shape index (κ3) is 2.95. The fourth-order valence-corrected chi connectivity index (χ4v) is 4.15. The Morgan fingerprint density at radius 2 is 1.83 bits per heavy atom. The first-order chi connectivity index (χ1) is 11.6. The Kier molecular flexibility index (Phi) is 4.09. The van der Waals surface area contributed by atoms with Crippen molar-refractivity contribution in [1.29, 1.82) is 0 Å². The second-order valence-corrected chi connectivity index (χ2v) is 7.42. The third-order valence-corrected chi connectivity index (χ3v) is 5.64. The molecule has 2 fully saturated rings. The number of aliphatic hydroxyl groups is 1. The average molecular weight is 328 g/mol. The lowest BCUT2D eigenvalue weighted by Crippen LogP contribution is -2.19. The molecule has 3 aliphatic rings. The van der Waals surface area contributed by atoms with Gasteiger partial charge in [0.05, 0.1) is 5.57 Å². The number of carbonyl (C=O) groups excluding carboxylic acids is 1. The van der Waals surface area contributed by atoms with E-state index in [1.807, 2.05) is 6.07 Å². The molecule has 4 heteroatoms. The molecule has 1 atom stereocenters. The topological polar surface area (TPSA) is 66.8 Å². The summed E-state index contributed by atoms with van der Waals surface area (Å²) in [7, 11) is 0. The Hall–Kier alpha value is -1.81. The molecule has 128 valence electrons. The van der Waals surface area contributed by atoms with Crippen LogP contribution >= 0.6 is 0 Å². The van der Waals surface area contributed by atoms with E-state index in [1.54, 1.807) is 12.1 Å². The van der Waals surface area contributed by atoms with Crippen LogP contribution in [0.25, 0.3) is 5.57 Å². The quantitative estimate of drug-likeness (QED) is 0.878. The highest BCUT2D eigenvalue weighted by molar-refractivity contribution is 6.24. The molecule has 1 unspecified atom stereocenters. The van der Waals surface area contributed by atoms with Crippen LogP contribution in [0.5, 0.6) is 5.75 Å². The third-order valence-electron chi connectivity index (χ3n) is 5.64. The summed E-state index contributed by atoms with van der Waals surface area (Å²) in [4.78, 5) is 12.6. The van der Waals surface area contributed by atoms with Crippen molar-refractivity contribution in [3.8, 4) is 5.75 Å². The van der Waals surface area contributed by atoms with Crippen molar-refractivity contribution in [1.82, 2.24) is 0 Å². The normalized spacial score (nSPS) is 25.5. The van der Waals surface area contributed by atoms with Gasteiger partial charge in [-0.3, -0.25) is 4.79 Å². The smallest absolute Gasteiger partial charge is 0.167 e. The number of benzene rings is 1. The number of Topliss-reactive ketones (excluding diaryl/α,β-unsaturated/α-hetero) is 1. The van der Waals surface area contributed by atoms with Gasteiger partial charge in [-0.2, -0.15) is 0 Å². The minimum Gasteiger partial charge on any atom is -0.511 e. The molecule has 1 aromatic rings. The SMILES string of the molecule is O=C1CC(CC2CCOCC2)C(O)=C1c1cc(O)ccc1C1CC1. The van der Waals surface area contributed by atoms with E-state index in [-0.39, 0.29) is 23.2 Å². The Labute approximate surface area is 142 Å². The van der Waals surface area contributed by atoms with E-state index in [2.05, 4.69) is 0 Å². The highest BCUT2D eigenvalue weighted by Gasteiger charge is 2.37. The molecule has 24 heavy (non-hydrogen) atoms. The summed E-state index contributed by atoms with van der Waals surface area (Å²) in [5, 5.41) is 20.6. The van der Waals surface area contributed by atoms with Crippen LogP contribution in [0.1, 0.15) is 55.6 Å². The molecular formula is C20H24O4. The van der Waals surface area contributed by atoms with Gasteiger partial charge in [0.2, 0.25) is 0 Å². The predicted molar refractivity (Wildman–Crippen MR) is 90.9 cm³/mol. The summed E-state index contributed by atoms with van der Waals surface area (Å²) >= 11 is 0. The van der Waals surface area contributed by atoms with E-state index >= 15 is 0 Å². The fourth-order valence-electron chi connectivity index (χ4n) is 4.15. The molecular weight excluding hydrogens is 304 g/mol. The zero-order valence-corrected chi connectivity index (χ0v) is 13.8. The van der Waals surface area contributed by atoms with Crippen LogP contribution in [0, 0.1) is 11.8 Å². The number of carbonyl (C=O) groups is 1. The summed E-state index contributed by atoms with van der Waals surface area (Å²) in [6, 6.07) is 5.23. The first-order valence-electron chi connectivity index (χ1n) is 9.01. The Morgan fingerprint density at radius 3 is 2.54 bits per heavy atom. The van der Waals surface area contributed by atoms with Crippen LogP contribution < -0.4 is 0 Å². The summed E-state index contributed by atoms with van der Waals surface area (Å²) in [6.07, 6.45) is 5.48. The van der Waals surface area contributed by atoms with Crippen molar-refractivity contribution in [2.45, 2.75) is 44.4 Å². The van der Waals surface area contributed by atoms with Gasteiger partial charge in [0.25, 0.3) is 0 Å². The van der Waals surface area contributed by atoms with Crippen molar-refractivity contribution in [3.63, 3.8) is 0 Å². The van der Waals surface area contributed by atoms with Gasteiger partial charge < -0.3 is 14.9 Å². The van der Waals surface area contributed by atoms with E-state index in [9.17, 15) is 15.0 Å². The minimum absolute atomic E-state index is 0.0112. The van der Waals surface area contributed by atoms with Crippen molar-refractivity contribution in [3.05, 3.63) is 35.1 Å². The number of ketones is 1. The summed E-state index contributed by atoms with van der Waals surface area (Å²) in [5.41, 5.74) is 2.29. The average Bonchev–Trinajstić information content (AvgIpc) is 3.36. The maximum Gasteiger partial charge on any atom is 0.167 e. The monoisotopic (exact) mass is 328 g/mol. The standard InChI is InChI=1S/C20H24O4/c21-15-3-4-16(13-1-2-13)17(11-15)19-18(22)10-14(20(19)23)9-12-5-7-24-8-6-12/h3-4,11-14,21,23H,1-2,5-10H2. The molecule has 2 N–H and O–H groups in total. The second-order valence-electron chi connectivity index (χ2n) is 7.42. The number of ether oxygens (including phenoxy) is 1. The lowest BCUT2D eigenvalue weighted by Gasteiger charge is -2.24. The number of hydrogen-bond donors (Lipinski definition) is 2. The van der Waals surface area contributed by atoms with Crippen molar-refractivity contribution in [2.24, 2.45) is 11.8 Å². The maximum atomic E-state index is 12.6. The van der Waals surface area contributed by atoms with Gasteiger partial charge in [0.1, 0.15) is 11.5 Å². The first-order valence-corrected chi connectivity index (χ1v) is 9.01. The maximum absolute atomic E-state index is 12.6. The first kappa shape index (κ1) is 15.7. The van der Waals surface area contributed by atoms with Gasteiger partial charge in [-0.1, -0.05) is 6.07 Å². The van der Waals surface area contributed by atoms with Gasteiger partial charge >= 0.3 is 0 Å². The van der Waals surface area contributed by atoms with E-state index in [4.69, 9.17) is 4.74 Å². The van der Waals surface area contributed by atoms with Crippen molar-refractivity contribution in [2.75, 3.05) is 13.2 Å². The van der Waals surface area contributed by atoms with Gasteiger partial charge in [-0.05, 0) is 67.2 Å². The number of aliphatic hydroxyl groups excluding tert-OH is 1. The molecule has 1 saturated carbocycles. The molecule has 4 rings (SSSR count). The molecule has 1 aliphatic heterocycles.